The average molecular weight is 919 g/mol. The maximum atomic E-state index is 14.4. The van der Waals surface area contributed by atoms with Crippen LogP contribution in [0.2, 0.25) is 0 Å². The summed E-state index contributed by atoms with van der Waals surface area (Å²) in [6.45, 7) is 14.9. The van der Waals surface area contributed by atoms with Crippen LogP contribution in [0.25, 0.3) is 0 Å². The fourth-order valence-electron chi connectivity index (χ4n) is 8.81. The molecule has 1 heterocycles. The molecule has 0 unspecified atom stereocenters. The molecule has 18 heteroatoms. The molecule has 0 aliphatic carbocycles. The van der Waals surface area contributed by atoms with Gasteiger partial charge in [-0.3, -0.25) is 38.6 Å². The Hall–Kier alpha value is -4.65. The molecule has 0 radical (unpaired) electrons. The van der Waals surface area contributed by atoms with Crippen molar-refractivity contribution in [1.29, 1.82) is 0 Å². The van der Waals surface area contributed by atoms with E-state index in [4.69, 9.17) is 14.2 Å². The smallest absolute Gasteiger partial charge is 0.329 e. The Morgan fingerprint density at radius 1 is 0.846 bits per heavy atom. The van der Waals surface area contributed by atoms with Gasteiger partial charge in [0.2, 0.25) is 23.6 Å². The van der Waals surface area contributed by atoms with Crippen molar-refractivity contribution in [2.75, 3.05) is 67.6 Å². The van der Waals surface area contributed by atoms with Gasteiger partial charge in [-0.2, -0.15) is 0 Å². The van der Waals surface area contributed by atoms with Crippen LogP contribution in [0.1, 0.15) is 86.6 Å². The molecule has 0 saturated carbocycles. The molecule has 4 amide bonds. The number of likely N-dealkylation sites (N-methyl/N-ethyl adjacent to an activating group) is 2. The number of rotatable bonds is 29. The Kier molecular flexibility index (Phi) is 24.1. The number of carboxylic acids is 2. The predicted octanol–water partition coefficient (Wildman–Crippen LogP) is 2.77. The van der Waals surface area contributed by atoms with E-state index in [-0.39, 0.29) is 61.5 Å². The molecule has 1 aromatic carbocycles. The summed E-state index contributed by atoms with van der Waals surface area (Å²) in [6, 6.07) is 5.55. The molecular weight excluding hydrogens is 841 g/mol. The monoisotopic (exact) mass is 919 g/mol. The second-order valence-corrected chi connectivity index (χ2v) is 18.0. The Morgan fingerprint density at radius 2 is 1.46 bits per heavy atom. The zero-order valence-corrected chi connectivity index (χ0v) is 40.8. The first-order valence-electron chi connectivity index (χ1n) is 22.9. The van der Waals surface area contributed by atoms with Crippen LogP contribution in [0.15, 0.2) is 30.3 Å². The standard InChI is InChI=1S/C47H78N6O12/c1-13-31(7)42(51(10)46(61)40(29(3)4)49-45(60)41(30(5)6)50(9)14-2)36(63-11)26-37(54)53-22-18-21-35(53)43(64-12)32(8)44(59)48-34(25-33-19-16-15-17-20-33)47(62)65-24-23-52(27-38(55)56)28-39(57)58/h15-17,19-20,29-32,34-36,40-43H,13-14,18,21-28H2,1-12H3,(H,48,59)(H,49,60)(H,55,56)(H,57,58)/t31-,32+,34-,35-,36+,40-,41-,42-,43+/m0/s1. The highest BCUT2D eigenvalue weighted by Gasteiger charge is 2.43. The van der Waals surface area contributed by atoms with Crippen molar-refractivity contribution in [2.45, 2.75) is 130 Å². The minimum absolute atomic E-state index is 0.0120. The maximum absolute atomic E-state index is 14.4. The Labute approximate surface area is 386 Å². The summed E-state index contributed by atoms with van der Waals surface area (Å²) in [4.78, 5) is 98.9. The minimum atomic E-state index is -1.24. The molecule has 1 aromatic rings. The van der Waals surface area contributed by atoms with Crippen molar-refractivity contribution in [1.82, 2.24) is 30.2 Å². The van der Waals surface area contributed by atoms with E-state index in [1.807, 2.05) is 66.5 Å². The van der Waals surface area contributed by atoms with Gasteiger partial charge in [0.1, 0.15) is 18.7 Å². The molecule has 1 fully saturated rings. The normalized spacial score (nSPS) is 17.8. The summed E-state index contributed by atoms with van der Waals surface area (Å²) in [6.07, 6.45) is 0.408. The van der Waals surface area contributed by atoms with E-state index in [2.05, 4.69) is 10.6 Å². The molecule has 0 aromatic heterocycles. The van der Waals surface area contributed by atoms with Crippen molar-refractivity contribution < 1.29 is 58.0 Å². The van der Waals surface area contributed by atoms with Crippen molar-refractivity contribution in [3.8, 4) is 0 Å². The van der Waals surface area contributed by atoms with Crippen LogP contribution in [0.3, 0.4) is 0 Å². The number of methoxy groups -OCH3 is 2. The summed E-state index contributed by atoms with van der Waals surface area (Å²) < 4.78 is 17.5. The number of carboxylic acid groups (broad SMARTS) is 2. The van der Waals surface area contributed by atoms with E-state index in [0.29, 0.717) is 32.4 Å². The number of carbonyl (C=O) groups excluding carboxylic acids is 5. The number of hydrogen-bond donors (Lipinski definition) is 4. The Morgan fingerprint density at radius 3 is 1.97 bits per heavy atom. The van der Waals surface area contributed by atoms with Crippen LogP contribution in [-0.2, 0) is 54.2 Å². The molecule has 368 valence electrons. The van der Waals surface area contributed by atoms with E-state index in [1.165, 1.54) is 14.2 Å². The highest BCUT2D eigenvalue weighted by Crippen LogP contribution is 2.30. The summed E-state index contributed by atoms with van der Waals surface area (Å²) in [5, 5.41) is 24.2. The minimum Gasteiger partial charge on any atom is -0.480 e. The third kappa shape index (κ3) is 16.9. The van der Waals surface area contributed by atoms with Crippen molar-refractivity contribution in [3.05, 3.63) is 35.9 Å². The van der Waals surface area contributed by atoms with E-state index >= 15 is 0 Å². The zero-order chi connectivity index (χ0) is 49.1. The number of amides is 4. The fourth-order valence-corrected chi connectivity index (χ4v) is 8.81. The van der Waals surface area contributed by atoms with Crippen LogP contribution in [0, 0.1) is 23.7 Å². The first-order chi connectivity index (χ1) is 30.6. The first-order valence-corrected chi connectivity index (χ1v) is 22.9. The molecule has 2 rings (SSSR count). The second-order valence-electron chi connectivity index (χ2n) is 18.0. The topological polar surface area (TPSA) is 225 Å². The van der Waals surface area contributed by atoms with Crippen LogP contribution >= 0.6 is 0 Å². The quantitative estimate of drug-likeness (QED) is 0.0849. The Bertz CT molecular complexity index is 1680. The van der Waals surface area contributed by atoms with E-state index in [9.17, 15) is 43.8 Å². The molecule has 65 heavy (non-hydrogen) atoms. The zero-order valence-electron chi connectivity index (χ0n) is 40.8. The van der Waals surface area contributed by atoms with E-state index in [0.717, 1.165) is 10.5 Å². The van der Waals surface area contributed by atoms with Gasteiger partial charge in [0.25, 0.3) is 0 Å². The van der Waals surface area contributed by atoms with Crippen LogP contribution in [0.4, 0.5) is 0 Å². The van der Waals surface area contributed by atoms with Gasteiger partial charge in [-0.1, -0.05) is 92.1 Å². The molecule has 18 nitrogen and oxygen atoms in total. The molecule has 0 spiro atoms. The van der Waals surface area contributed by atoms with Crippen molar-refractivity contribution in [2.24, 2.45) is 23.7 Å². The third-order valence-electron chi connectivity index (χ3n) is 12.6. The summed E-state index contributed by atoms with van der Waals surface area (Å²) in [7, 11) is 6.57. The summed E-state index contributed by atoms with van der Waals surface area (Å²) in [5.41, 5.74) is 0.733. The van der Waals surface area contributed by atoms with E-state index < -0.39 is 85.2 Å². The summed E-state index contributed by atoms with van der Waals surface area (Å²) >= 11 is 0. The van der Waals surface area contributed by atoms with Gasteiger partial charge in [-0.05, 0) is 49.8 Å². The number of aliphatic carboxylic acids is 2. The predicted molar refractivity (Wildman–Crippen MR) is 245 cm³/mol. The van der Waals surface area contributed by atoms with Gasteiger partial charge in [-0.15, -0.1) is 0 Å². The van der Waals surface area contributed by atoms with Crippen molar-refractivity contribution >= 4 is 41.5 Å². The van der Waals surface area contributed by atoms with Crippen LogP contribution in [0.5, 0.6) is 0 Å². The molecule has 4 N–H and O–H groups in total. The number of likely N-dealkylation sites (tertiary alicyclic amines) is 1. The molecule has 1 aliphatic rings. The Balaban J connectivity index is 2.31. The largest absolute Gasteiger partial charge is 0.480 e. The van der Waals surface area contributed by atoms with Gasteiger partial charge in [0.05, 0.1) is 55.8 Å². The average Bonchev–Trinajstić information content (AvgIpc) is 3.74. The van der Waals surface area contributed by atoms with Crippen molar-refractivity contribution in [3.63, 3.8) is 0 Å². The number of ether oxygens (including phenoxy) is 3. The number of nitrogens with zero attached hydrogens (tertiary/aromatic N) is 4. The number of hydrogen-bond acceptors (Lipinski definition) is 12. The lowest BCUT2D eigenvalue weighted by Gasteiger charge is -2.41. The lowest BCUT2D eigenvalue weighted by atomic mass is 9.89. The number of nitrogens with one attached hydrogen (secondary N) is 2. The third-order valence-corrected chi connectivity index (χ3v) is 12.6. The van der Waals surface area contributed by atoms with Crippen LogP contribution in [-0.4, -0.2) is 181 Å². The SMILES string of the molecule is CC[C@H](C)[C@@H]([C@@H](CC(=O)N1CCC[C@H]1[C@H](OC)[C@@H](C)C(=O)N[C@@H](Cc1ccccc1)C(=O)OCCN(CC(=O)O)CC(=O)O)OC)N(C)C(=O)[C@@H](NC(=O)[C@H](C(C)C)N(C)CC)C(C)C. The second kappa shape index (κ2) is 27.7. The molecule has 1 aliphatic heterocycles. The van der Waals surface area contributed by atoms with Gasteiger partial charge in [-0.25, -0.2) is 4.79 Å². The van der Waals surface area contributed by atoms with Gasteiger partial charge in [0.15, 0.2) is 0 Å². The molecular formula is C47H78N6O12. The maximum Gasteiger partial charge on any atom is 0.329 e. The van der Waals surface area contributed by atoms with E-state index in [1.54, 1.807) is 48.0 Å². The number of benzene rings is 1. The highest BCUT2D eigenvalue weighted by atomic mass is 16.5. The lowest BCUT2D eigenvalue weighted by molar-refractivity contribution is -0.150. The van der Waals surface area contributed by atoms with Crippen LogP contribution < -0.4 is 10.6 Å². The summed E-state index contributed by atoms with van der Waals surface area (Å²) in [5.74, 6) is -5.67. The van der Waals surface area contributed by atoms with Gasteiger partial charge < -0.3 is 44.9 Å². The molecule has 9 atom stereocenters. The molecule has 0 bridgehead atoms. The number of esters is 1. The van der Waals surface area contributed by atoms with Gasteiger partial charge in [0, 0.05) is 40.8 Å². The lowest BCUT2D eigenvalue weighted by Crippen LogP contribution is -2.60. The highest BCUT2D eigenvalue weighted by molar-refractivity contribution is 5.90. The van der Waals surface area contributed by atoms with Gasteiger partial charge >= 0.3 is 17.9 Å². The first kappa shape index (κ1) is 56.5. The number of carbonyl (C=O) groups is 7. The fraction of sp³-hybridized carbons (Fsp3) is 0.723. The molecule has 1 saturated heterocycles.